The lowest BCUT2D eigenvalue weighted by molar-refractivity contribution is 0.515. The molecule has 1 rings (SSSR count). The molecule has 0 aliphatic carbocycles. The number of halogens is 3. The summed E-state index contributed by atoms with van der Waals surface area (Å²) in [5.74, 6) is -1.01. The van der Waals surface area contributed by atoms with Crippen LogP contribution in [0.5, 0.6) is 0 Å². The predicted molar refractivity (Wildman–Crippen MR) is 65.3 cm³/mol. The molecule has 1 atom stereocenters. The van der Waals surface area contributed by atoms with Crippen molar-refractivity contribution in [2.75, 3.05) is 0 Å². The first kappa shape index (κ1) is 13.6. The summed E-state index contributed by atoms with van der Waals surface area (Å²) in [7, 11) is 0. The van der Waals surface area contributed by atoms with Crippen molar-refractivity contribution in [3.8, 4) is 0 Å². The number of benzene rings is 1. The van der Waals surface area contributed by atoms with Gasteiger partial charge in [0.25, 0.3) is 0 Å². The van der Waals surface area contributed by atoms with Crippen LogP contribution in [0, 0.1) is 11.6 Å². The van der Waals surface area contributed by atoms with Crippen LogP contribution in [0.15, 0.2) is 16.6 Å². The molecule has 2 N–H and O–H groups in total. The standard InChI is InChI=1S/C12H16BrF2N/c1-2-3-8(16)4-5-9-11(14)7-6-10(13)12(9)15/h6-8H,2-5,16H2,1H3. The molecule has 1 aromatic carbocycles. The lowest BCUT2D eigenvalue weighted by atomic mass is 10.0. The van der Waals surface area contributed by atoms with Gasteiger partial charge in [0, 0.05) is 11.6 Å². The minimum Gasteiger partial charge on any atom is -0.328 e. The lowest BCUT2D eigenvalue weighted by Gasteiger charge is -2.11. The third-order valence-electron chi connectivity index (χ3n) is 2.56. The highest BCUT2D eigenvalue weighted by Gasteiger charge is 2.13. The molecule has 0 amide bonds. The maximum absolute atomic E-state index is 13.6. The molecular formula is C12H16BrF2N. The van der Waals surface area contributed by atoms with Gasteiger partial charge in [-0.1, -0.05) is 13.3 Å². The Morgan fingerprint density at radius 1 is 1.31 bits per heavy atom. The topological polar surface area (TPSA) is 26.0 Å². The zero-order valence-electron chi connectivity index (χ0n) is 9.27. The first-order chi connectivity index (χ1) is 7.56. The van der Waals surface area contributed by atoms with E-state index in [4.69, 9.17) is 5.73 Å². The molecule has 0 bridgehead atoms. The molecule has 16 heavy (non-hydrogen) atoms. The van der Waals surface area contributed by atoms with Gasteiger partial charge in [-0.3, -0.25) is 0 Å². The summed E-state index contributed by atoms with van der Waals surface area (Å²) >= 11 is 3.05. The Hall–Kier alpha value is -0.480. The summed E-state index contributed by atoms with van der Waals surface area (Å²) in [6, 6.07) is 2.66. The smallest absolute Gasteiger partial charge is 0.143 e. The summed E-state index contributed by atoms with van der Waals surface area (Å²) < 4.78 is 27.2. The van der Waals surface area contributed by atoms with Crippen molar-refractivity contribution in [1.29, 1.82) is 0 Å². The number of nitrogens with two attached hydrogens (primary N) is 1. The van der Waals surface area contributed by atoms with Gasteiger partial charge in [0.2, 0.25) is 0 Å². The van der Waals surface area contributed by atoms with Gasteiger partial charge in [-0.25, -0.2) is 8.78 Å². The summed E-state index contributed by atoms with van der Waals surface area (Å²) in [5, 5.41) is 0. The van der Waals surface area contributed by atoms with Crippen molar-refractivity contribution < 1.29 is 8.78 Å². The van der Waals surface area contributed by atoms with Crippen molar-refractivity contribution >= 4 is 15.9 Å². The normalized spacial score (nSPS) is 12.8. The Kier molecular flexibility index (Phi) is 5.35. The Labute approximate surface area is 103 Å². The van der Waals surface area contributed by atoms with E-state index >= 15 is 0 Å². The van der Waals surface area contributed by atoms with Crippen molar-refractivity contribution in [3.63, 3.8) is 0 Å². The Bertz CT molecular complexity index is 355. The predicted octanol–water partition coefficient (Wildman–Crippen LogP) is 3.79. The second kappa shape index (κ2) is 6.30. The minimum absolute atomic E-state index is 0.0165. The molecule has 0 spiro atoms. The van der Waals surface area contributed by atoms with Crippen LogP contribution in [0.1, 0.15) is 31.7 Å². The van der Waals surface area contributed by atoms with E-state index in [2.05, 4.69) is 15.9 Å². The van der Waals surface area contributed by atoms with Crippen LogP contribution in [-0.4, -0.2) is 6.04 Å². The second-order valence-electron chi connectivity index (χ2n) is 3.91. The summed E-state index contributed by atoms with van der Waals surface area (Å²) in [6.07, 6.45) is 2.83. The fraction of sp³-hybridized carbons (Fsp3) is 0.500. The fourth-order valence-corrected chi connectivity index (χ4v) is 2.01. The Morgan fingerprint density at radius 3 is 2.62 bits per heavy atom. The van der Waals surface area contributed by atoms with E-state index < -0.39 is 11.6 Å². The van der Waals surface area contributed by atoms with Crippen molar-refractivity contribution in [1.82, 2.24) is 0 Å². The molecule has 0 heterocycles. The van der Waals surface area contributed by atoms with E-state index in [0.717, 1.165) is 12.8 Å². The molecule has 0 fully saturated rings. The van der Waals surface area contributed by atoms with Gasteiger partial charge < -0.3 is 5.73 Å². The number of hydrogen-bond donors (Lipinski definition) is 1. The molecule has 0 saturated heterocycles. The van der Waals surface area contributed by atoms with Crippen LogP contribution in [0.2, 0.25) is 0 Å². The van der Waals surface area contributed by atoms with Gasteiger partial charge >= 0.3 is 0 Å². The molecule has 1 aromatic rings. The van der Waals surface area contributed by atoms with E-state index in [1.807, 2.05) is 6.92 Å². The molecule has 4 heteroatoms. The monoisotopic (exact) mass is 291 g/mol. The summed E-state index contributed by atoms with van der Waals surface area (Å²) in [5.41, 5.74) is 5.94. The zero-order valence-corrected chi connectivity index (χ0v) is 10.9. The molecule has 0 aromatic heterocycles. The van der Waals surface area contributed by atoms with E-state index in [1.54, 1.807) is 0 Å². The van der Waals surface area contributed by atoms with Crippen LogP contribution < -0.4 is 5.73 Å². The minimum atomic E-state index is -0.510. The van der Waals surface area contributed by atoms with Gasteiger partial charge in [-0.05, 0) is 47.3 Å². The average molecular weight is 292 g/mol. The fourth-order valence-electron chi connectivity index (χ4n) is 1.64. The molecule has 1 nitrogen and oxygen atoms in total. The van der Waals surface area contributed by atoms with Gasteiger partial charge in [-0.2, -0.15) is 0 Å². The molecule has 0 radical (unpaired) electrons. The molecule has 90 valence electrons. The van der Waals surface area contributed by atoms with Crippen LogP contribution in [-0.2, 0) is 6.42 Å². The van der Waals surface area contributed by atoms with E-state index in [1.165, 1.54) is 12.1 Å². The molecule has 0 aliphatic rings. The third kappa shape index (κ3) is 3.52. The maximum Gasteiger partial charge on any atom is 0.143 e. The zero-order chi connectivity index (χ0) is 12.1. The molecule has 0 aliphatic heterocycles. The van der Waals surface area contributed by atoms with E-state index in [9.17, 15) is 8.78 Å². The van der Waals surface area contributed by atoms with Gasteiger partial charge in [-0.15, -0.1) is 0 Å². The van der Waals surface area contributed by atoms with Crippen LogP contribution in [0.4, 0.5) is 8.78 Å². The van der Waals surface area contributed by atoms with Crippen LogP contribution in [0.3, 0.4) is 0 Å². The molecule has 1 unspecified atom stereocenters. The highest BCUT2D eigenvalue weighted by Crippen LogP contribution is 2.23. The van der Waals surface area contributed by atoms with Crippen molar-refractivity contribution in [3.05, 3.63) is 33.8 Å². The molecule has 0 saturated carbocycles. The number of hydrogen-bond acceptors (Lipinski definition) is 1. The van der Waals surface area contributed by atoms with Crippen molar-refractivity contribution in [2.24, 2.45) is 5.73 Å². The summed E-state index contributed by atoms with van der Waals surface area (Å²) in [4.78, 5) is 0. The third-order valence-corrected chi connectivity index (χ3v) is 3.18. The molecular weight excluding hydrogens is 276 g/mol. The largest absolute Gasteiger partial charge is 0.328 e. The average Bonchev–Trinajstić information content (AvgIpc) is 2.24. The van der Waals surface area contributed by atoms with Gasteiger partial charge in [0.15, 0.2) is 0 Å². The Morgan fingerprint density at radius 2 is 2.00 bits per heavy atom. The van der Waals surface area contributed by atoms with E-state index in [0.29, 0.717) is 17.3 Å². The van der Waals surface area contributed by atoms with Gasteiger partial charge in [0.05, 0.1) is 4.47 Å². The lowest BCUT2D eigenvalue weighted by Crippen LogP contribution is -2.20. The second-order valence-corrected chi connectivity index (χ2v) is 4.76. The van der Waals surface area contributed by atoms with Crippen LogP contribution >= 0.6 is 15.9 Å². The quantitative estimate of drug-likeness (QED) is 0.821. The number of rotatable bonds is 5. The Balaban J connectivity index is 2.70. The van der Waals surface area contributed by atoms with Crippen molar-refractivity contribution in [2.45, 2.75) is 38.6 Å². The van der Waals surface area contributed by atoms with Gasteiger partial charge in [0.1, 0.15) is 11.6 Å². The van der Waals surface area contributed by atoms with Crippen LogP contribution in [0.25, 0.3) is 0 Å². The highest BCUT2D eigenvalue weighted by atomic mass is 79.9. The maximum atomic E-state index is 13.6. The first-order valence-electron chi connectivity index (χ1n) is 5.44. The summed E-state index contributed by atoms with van der Waals surface area (Å²) in [6.45, 7) is 2.04. The first-order valence-corrected chi connectivity index (χ1v) is 6.23. The SMILES string of the molecule is CCCC(N)CCc1c(F)ccc(Br)c1F. The highest BCUT2D eigenvalue weighted by molar-refractivity contribution is 9.10. The van der Waals surface area contributed by atoms with E-state index in [-0.39, 0.29) is 11.6 Å².